The van der Waals surface area contributed by atoms with Gasteiger partial charge in [0, 0.05) is 49.2 Å². The van der Waals surface area contributed by atoms with Gasteiger partial charge in [0.25, 0.3) is 5.91 Å². The van der Waals surface area contributed by atoms with Crippen LogP contribution in [0.5, 0.6) is 0 Å². The number of aromatic nitrogens is 3. The number of fused-ring (bicyclic) bond motifs is 1. The van der Waals surface area contributed by atoms with Crippen LogP contribution < -0.4 is 10.6 Å². The number of aryl methyl sites for hydroxylation is 1. The minimum Gasteiger partial charge on any atom is -0.347 e. The molecule has 1 aromatic carbocycles. The van der Waals surface area contributed by atoms with Crippen molar-refractivity contribution in [3.8, 4) is 11.4 Å². The zero-order chi connectivity index (χ0) is 18.8. The lowest BCUT2D eigenvalue weighted by molar-refractivity contribution is 0.0946. The Morgan fingerprint density at radius 3 is 2.93 bits per heavy atom. The summed E-state index contributed by atoms with van der Waals surface area (Å²) in [5.74, 6) is -0.0269. The number of carbonyl (C=O) groups excluding carboxylic acids is 1. The first kappa shape index (κ1) is 17.4. The number of pyridine rings is 1. The molecule has 0 atom stereocenters. The highest BCUT2D eigenvalue weighted by molar-refractivity contribution is 5.94. The van der Waals surface area contributed by atoms with Gasteiger partial charge >= 0.3 is 0 Å². The standard InChI is InChI=1S/C20H20FN5O/c1-12-18(26-19(25-12)14-2-4-16(21)5-3-14)20(27)24-10-13-8-15-11-22-7-6-17(15)23-9-13/h2-5,8-9,22H,6-7,10-11H2,1H3,(H,24,27)(H,25,26). The average molecular weight is 365 g/mol. The van der Waals surface area contributed by atoms with Gasteiger partial charge in [-0.05, 0) is 48.4 Å². The van der Waals surface area contributed by atoms with Crippen LogP contribution >= 0.6 is 0 Å². The van der Waals surface area contributed by atoms with E-state index in [-0.39, 0.29) is 11.7 Å². The van der Waals surface area contributed by atoms with Crippen molar-refractivity contribution in [2.24, 2.45) is 0 Å². The number of H-pyrrole nitrogens is 1. The molecule has 1 aliphatic heterocycles. The molecule has 138 valence electrons. The lowest BCUT2D eigenvalue weighted by atomic mass is 10.1. The summed E-state index contributed by atoms with van der Waals surface area (Å²) < 4.78 is 13.1. The quantitative estimate of drug-likeness (QED) is 0.663. The van der Waals surface area contributed by atoms with Crippen molar-refractivity contribution in [3.05, 3.63) is 70.6 Å². The van der Waals surface area contributed by atoms with Crippen LogP contribution in [0, 0.1) is 12.7 Å². The maximum absolute atomic E-state index is 13.1. The number of hydrogen-bond donors (Lipinski definition) is 3. The smallest absolute Gasteiger partial charge is 0.272 e. The van der Waals surface area contributed by atoms with Gasteiger partial charge in [-0.25, -0.2) is 9.37 Å². The fraction of sp³-hybridized carbons (Fsp3) is 0.250. The molecule has 1 amide bonds. The average Bonchev–Trinajstić information content (AvgIpc) is 3.08. The van der Waals surface area contributed by atoms with Crippen molar-refractivity contribution in [3.63, 3.8) is 0 Å². The van der Waals surface area contributed by atoms with Gasteiger partial charge in [0.2, 0.25) is 0 Å². The monoisotopic (exact) mass is 365 g/mol. The zero-order valence-corrected chi connectivity index (χ0v) is 15.0. The molecule has 1 aliphatic rings. The Balaban J connectivity index is 1.46. The highest BCUT2D eigenvalue weighted by atomic mass is 19.1. The molecule has 0 spiro atoms. The molecule has 0 radical (unpaired) electrons. The fourth-order valence-electron chi connectivity index (χ4n) is 3.18. The third-order valence-electron chi connectivity index (χ3n) is 4.64. The summed E-state index contributed by atoms with van der Waals surface area (Å²) >= 11 is 0. The highest BCUT2D eigenvalue weighted by Gasteiger charge is 2.16. The first-order valence-electron chi connectivity index (χ1n) is 8.88. The molecule has 3 N–H and O–H groups in total. The van der Waals surface area contributed by atoms with Gasteiger partial charge in [0.15, 0.2) is 0 Å². The lowest BCUT2D eigenvalue weighted by Gasteiger charge is -2.16. The summed E-state index contributed by atoms with van der Waals surface area (Å²) in [5, 5.41) is 6.22. The Morgan fingerprint density at radius 2 is 2.11 bits per heavy atom. The van der Waals surface area contributed by atoms with E-state index in [0.717, 1.165) is 36.3 Å². The van der Waals surface area contributed by atoms with Gasteiger partial charge in [-0.2, -0.15) is 0 Å². The second kappa shape index (κ2) is 7.28. The van der Waals surface area contributed by atoms with Crippen molar-refractivity contribution >= 4 is 5.91 Å². The van der Waals surface area contributed by atoms with Crippen LogP contribution in [0.1, 0.15) is 33.0 Å². The maximum atomic E-state index is 13.1. The lowest BCUT2D eigenvalue weighted by Crippen LogP contribution is -2.26. The molecule has 4 rings (SSSR count). The van der Waals surface area contributed by atoms with Crippen molar-refractivity contribution in [1.29, 1.82) is 0 Å². The van der Waals surface area contributed by atoms with E-state index < -0.39 is 0 Å². The molecular formula is C20H20FN5O. The minimum absolute atomic E-state index is 0.257. The second-order valence-electron chi connectivity index (χ2n) is 6.62. The van der Waals surface area contributed by atoms with Gasteiger partial charge in [0.05, 0.1) is 0 Å². The van der Waals surface area contributed by atoms with E-state index in [1.54, 1.807) is 19.1 Å². The number of nitrogens with one attached hydrogen (secondary N) is 3. The molecule has 27 heavy (non-hydrogen) atoms. The molecule has 2 aromatic heterocycles. The fourth-order valence-corrected chi connectivity index (χ4v) is 3.18. The Labute approximate surface area is 156 Å². The van der Waals surface area contributed by atoms with E-state index in [1.807, 2.05) is 6.20 Å². The number of halogens is 1. The number of benzene rings is 1. The van der Waals surface area contributed by atoms with Crippen LogP contribution in [0.3, 0.4) is 0 Å². The first-order chi connectivity index (χ1) is 13.1. The van der Waals surface area contributed by atoms with E-state index in [4.69, 9.17) is 0 Å². The second-order valence-corrected chi connectivity index (χ2v) is 6.62. The number of aromatic amines is 1. The third kappa shape index (κ3) is 3.73. The summed E-state index contributed by atoms with van der Waals surface area (Å²) in [5.41, 5.74) is 4.99. The number of imidazole rings is 1. The Hall–Kier alpha value is -3.06. The predicted octanol–water partition coefficient (Wildman–Crippen LogP) is 2.49. The van der Waals surface area contributed by atoms with Crippen molar-refractivity contribution < 1.29 is 9.18 Å². The normalized spacial score (nSPS) is 13.3. The Morgan fingerprint density at radius 1 is 1.30 bits per heavy atom. The maximum Gasteiger partial charge on any atom is 0.272 e. The topological polar surface area (TPSA) is 82.7 Å². The van der Waals surface area contributed by atoms with E-state index in [9.17, 15) is 9.18 Å². The molecule has 0 saturated heterocycles. The van der Waals surface area contributed by atoms with Crippen LogP contribution in [-0.4, -0.2) is 27.4 Å². The summed E-state index contributed by atoms with van der Waals surface area (Å²) in [7, 11) is 0. The van der Waals surface area contributed by atoms with Crippen molar-refractivity contribution in [1.82, 2.24) is 25.6 Å². The molecular weight excluding hydrogens is 345 g/mol. The van der Waals surface area contributed by atoms with Gasteiger partial charge in [-0.1, -0.05) is 0 Å². The summed E-state index contributed by atoms with van der Waals surface area (Å²) in [6, 6.07) is 8.07. The minimum atomic E-state index is -0.311. The van der Waals surface area contributed by atoms with Gasteiger partial charge in [-0.15, -0.1) is 0 Å². The molecule has 6 nitrogen and oxygen atoms in total. The SMILES string of the molecule is Cc1[nH]c(-c2ccc(F)cc2)nc1C(=O)NCc1cnc2c(c1)CNCC2. The molecule has 0 saturated carbocycles. The molecule has 3 aromatic rings. The Bertz CT molecular complexity index is 981. The number of rotatable bonds is 4. The van der Waals surface area contributed by atoms with Crippen molar-refractivity contribution in [2.45, 2.75) is 26.4 Å². The first-order valence-corrected chi connectivity index (χ1v) is 8.88. The Kier molecular flexibility index (Phi) is 4.68. The van der Waals surface area contributed by atoms with Crippen LogP contribution in [0.4, 0.5) is 4.39 Å². The van der Waals surface area contributed by atoms with Crippen LogP contribution in [-0.2, 0) is 19.5 Å². The van der Waals surface area contributed by atoms with Gasteiger partial charge < -0.3 is 15.6 Å². The number of nitrogens with zero attached hydrogens (tertiary/aromatic N) is 2. The molecule has 0 fully saturated rings. The van der Waals surface area contributed by atoms with E-state index in [0.29, 0.717) is 23.8 Å². The van der Waals surface area contributed by atoms with Crippen LogP contribution in [0.15, 0.2) is 36.5 Å². The number of amides is 1. The van der Waals surface area contributed by atoms with E-state index in [2.05, 4.69) is 31.7 Å². The molecule has 0 bridgehead atoms. The zero-order valence-electron chi connectivity index (χ0n) is 15.0. The third-order valence-corrected chi connectivity index (χ3v) is 4.64. The van der Waals surface area contributed by atoms with E-state index >= 15 is 0 Å². The number of carbonyl (C=O) groups is 1. The van der Waals surface area contributed by atoms with E-state index in [1.165, 1.54) is 17.7 Å². The molecule has 3 heterocycles. The van der Waals surface area contributed by atoms with Crippen LogP contribution in [0.25, 0.3) is 11.4 Å². The van der Waals surface area contributed by atoms with Crippen LogP contribution in [0.2, 0.25) is 0 Å². The summed E-state index contributed by atoms with van der Waals surface area (Å²) in [6.07, 6.45) is 2.74. The molecule has 7 heteroatoms. The molecule has 0 aliphatic carbocycles. The summed E-state index contributed by atoms with van der Waals surface area (Å²) in [4.78, 5) is 24.5. The van der Waals surface area contributed by atoms with Crippen molar-refractivity contribution in [2.75, 3.05) is 6.54 Å². The molecule has 0 unspecified atom stereocenters. The van der Waals surface area contributed by atoms with Gasteiger partial charge in [-0.3, -0.25) is 9.78 Å². The summed E-state index contributed by atoms with van der Waals surface area (Å²) in [6.45, 7) is 3.94. The number of hydrogen-bond acceptors (Lipinski definition) is 4. The highest BCUT2D eigenvalue weighted by Crippen LogP contribution is 2.19. The largest absolute Gasteiger partial charge is 0.347 e. The van der Waals surface area contributed by atoms with Gasteiger partial charge in [0.1, 0.15) is 17.3 Å². The predicted molar refractivity (Wildman–Crippen MR) is 99.5 cm³/mol.